The van der Waals surface area contributed by atoms with Gasteiger partial charge in [-0.3, -0.25) is 28.8 Å². The minimum Gasteiger partial charge on any atom is -0.465 e. The fraction of sp³-hybridized carbons (Fsp3) is 0.884. The summed E-state index contributed by atoms with van der Waals surface area (Å²) in [4.78, 5) is 74.4. The molecule has 6 rings (SSSR count). The number of nitrogens with zero attached hydrogens (tertiary/aromatic N) is 2. The molecule has 0 aromatic carbocycles. The lowest BCUT2D eigenvalue weighted by atomic mass is 9.73. The molecule has 6 fully saturated rings. The first-order valence-electron chi connectivity index (χ1n) is 21.8. The van der Waals surface area contributed by atoms with Crippen LogP contribution in [0.25, 0.3) is 0 Å². The molecule has 0 unspecified atom stereocenters. The molecule has 1 aliphatic heterocycles. The second-order valence-corrected chi connectivity index (χ2v) is 23.5. The molecule has 1 heterocycles. The number of amides is 5. The van der Waals surface area contributed by atoms with E-state index in [4.69, 9.17) is 0 Å². The number of hydrogen-bond acceptors (Lipinski definition) is 7. The first-order chi connectivity index (χ1) is 26.3. The summed E-state index contributed by atoms with van der Waals surface area (Å²) in [6.45, 7) is 19.5. The van der Waals surface area contributed by atoms with E-state index in [2.05, 4.69) is 29.2 Å². The lowest BCUT2D eigenvalue weighted by Crippen LogP contribution is -2.64. The number of sulfonamides is 1. The third-order valence-corrected chi connectivity index (χ3v) is 18.2. The van der Waals surface area contributed by atoms with Crippen LogP contribution in [-0.4, -0.2) is 93.5 Å². The average Bonchev–Trinajstić information content (AvgIpc) is 4.02. The second kappa shape index (κ2) is 14.4. The summed E-state index contributed by atoms with van der Waals surface area (Å²) in [7, 11) is -3.97. The third kappa shape index (κ3) is 6.96. The summed E-state index contributed by atoms with van der Waals surface area (Å²) in [5.41, 5.74) is -3.63. The molecule has 14 heteroatoms. The van der Waals surface area contributed by atoms with E-state index < -0.39 is 79.1 Å². The van der Waals surface area contributed by atoms with Crippen LogP contribution >= 0.6 is 0 Å². The van der Waals surface area contributed by atoms with E-state index >= 15 is 4.79 Å². The van der Waals surface area contributed by atoms with Gasteiger partial charge in [0.05, 0.1) is 4.75 Å². The van der Waals surface area contributed by atoms with E-state index in [1.165, 1.54) is 4.90 Å². The van der Waals surface area contributed by atoms with Gasteiger partial charge in [0.2, 0.25) is 27.7 Å². The molecule has 5 amide bonds. The molecule has 5 saturated carbocycles. The minimum absolute atomic E-state index is 0.0264. The van der Waals surface area contributed by atoms with Gasteiger partial charge in [0.1, 0.15) is 23.7 Å². The normalized spacial score (nSPS) is 30.8. The maximum atomic E-state index is 15.2. The van der Waals surface area contributed by atoms with Crippen LogP contribution in [0.1, 0.15) is 166 Å². The Hall–Kier alpha value is -2.90. The Bertz CT molecular complexity index is 1750. The lowest BCUT2D eigenvalue weighted by Gasteiger charge is -2.44. The van der Waals surface area contributed by atoms with Gasteiger partial charge in [-0.2, -0.15) is 0 Å². The van der Waals surface area contributed by atoms with Crippen molar-refractivity contribution in [2.75, 3.05) is 6.54 Å². The Morgan fingerprint density at radius 3 is 1.93 bits per heavy atom. The van der Waals surface area contributed by atoms with Gasteiger partial charge < -0.3 is 20.6 Å². The quantitative estimate of drug-likeness (QED) is 0.172. The topological polar surface area (TPSA) is 182 Å². The zero-order valence-corrected chi connectivity index (χ0v) is 37.1. The van der Waals surface area contributed by atoms with Crippen molar-refractivity contribution in [3.63, 3.8) is 0 Å². The summed E-state index contributed by atoms with van der Waals surface area (Å²) in [5.74, 6) is -2.60. The Morgan fingerprint density at radius 1 is 0.877 bits per heavy atom. The number of carboxylic acid groups (broad SMARTS) is 1. The second-order valence-electron chi connectivity index (χ2n) is 21.4. The van der Waals surface area contributed by atoms with Crippen molar-refractivity contribution in [2.45, 2.75) is 200 Å². The van der Waals surface area contributed by atoms with Gasteiger partial charge >= 0.3 is 6.09 Å². The lowest BCUT2D eigenvalue weighted by molar-refractivity contribution is -0.146. The van der Waals surface area contributed by atoms with Crippen LogP contribution in [-0.2, 0) is 29.2 Å². The van der Waals surface area contributed by atoms with Crippen LogP contribution in [0.2, 0.25) is 0 Å². The first kappa shape index (κ1) is 43.7. The number of hydrogen-bond donors (Lipinski definition) is 4. The molecule has 0 bridgehead atoms. The number of rotatable bonds is 13. The molecule has 13 nitrogen and oxygen atoms in total. The smallest absolute Gasteiger partial charge is 0.408 e. The van der Waals surface area contributed by atoms with Gasteiger partial charge in [0, 0.05) is 17.5 Å². The monoisotopic (exact) mass is 818 g/mol. The third-order valence-electron chi connectivity index (χ3n) is 16.0. The van der Waals surface area contributed by atoms with Crippen LogP contribution in [0.5, 0.6) is 0 Å². The number of carbonyl (C=O) groups is 5. The summed E-state index contributed by atoms with van der Waals surface area (Å²) < 4.78 is 28.5. The highest BCUT2D eigenvalue weighted by molar-refractivity contribution is 7.91. The molecule has 0 aromatic heterocycles. The fourth-order valence-corrected chi connectivity index (χ4v) is 13.9. The Balaban J connectivity index is 1.31. The Kier molecular flexibility index (Phi) is 11.0. The van der Waals surface area contributed by atoms with E-state index in [0.29, 0.717) is 64.3 Å². The standard InChI is InChI=1S/C43H71N5O8S/c1-11-19-40(22-23-40)57(55,56)46-35(52)43(24-28(43)12-2)45-32(49)29-25-42(39(9,10)41(42)20-16-21-41)26-47(29)34(51)31(37(3,4)5)44-33(50)30(27-17-14-13-15-18-27)48(36(53)54)38(6,7)8/h27-31H,11-26H2,1-10H3,(H,44,50)(H,45,49)(H,46,52)(H,53,54)/t28-,29-,30-,31+,42+,43+/m0/s1. The highest BCUT2D eigenvalue weighted by Crippen LogP contribution is 2.88. The van der Waals surface area contributed by atoms with Gasteiger partial charge in [-0.1, -0.05) is 87.0 Å². The van der Waals surface area contributed by atoms with E-state index in [-0.39, 0.29) is 28.1 Å². The van der Waals surface area contributed by atoms with Crippen molar-refractivity contribution in [1.82, 2.24) is 25.2 Å². The predicted molar refractivity (Wildman–Crippen MR) is 217 cm³/mol. The Labute approximate surface area is 341 Å². The highest BCUT2D eigenvalue weighted by atomic mass is 32.2. The molecule has 2 spiro atoms. The van der Waals surface area contributed by atoms with E-state index in [1.54, 1.807) is 25.7 Å². The summed E-state index contributed by atoms with van der Waals surface area (Å²) in [6, 6.07) is -3.05. The van der Waals surface area contributed by atoms with Crippen molar-refractivity contribution >= 4 is 39.7 Å². The van der Waals surface area contributed by atoms with Crippen molar-refractivity contribution < 1.29 is 37.5 Å². The van der Waals surface area contributed by atoms with Crippen LogP contribution in [0.3, 0.4) is 0 Å². The molecule has 5 aliphatic carbocycles. The molecule has 6 atom stereocenters. The average molecular weight is 818 g/mol. The molecule has 322 valence electrons. The van der Waals surface area contributed by atoms with Crippen LogP contribution in [0, 0.1) is 33.5 Å². The molecule has 57 heavy (non-hydrogen) atoms. The van der Waals surface area contributed by atoms with E-state index in [9.17, 15) is 32.7 Å². The van der Waals surface area contributed by atoms with Crippen molar-refractivity contribution in [3.8, 4) is 0 Å². The molecular weight excluding hydrogens is 747 g/mol. The summed E-state index contributed by atoms with van der Waals surface area (Å²) in [6.07, 6.45) is 9.47. The molecule has 1 saturated heterocycles. The summed E-state index contributed by atoms with van der Waals surface area (Å²) >= 11 is 0. The van der Waals surface area contributed by atoms with E-state index in [0.717, 1.165) is 38.5 Å². The molecule has 0 aromatic rings. The van der Waals surface area contributed by atoms with Gasteiger partial charge in [-0.15, -0.1) is 0 Å². The van der Waals surface area contributed by atoms with Gasteiger partial charge in [-0.05, 0) is 107 Å². The highest BCUT2D eigenvalue weighted by Gasteiger charge is 2.85. The molecule has 6 aliphatic rings. The van der Waals surface area contributed by atoms with Crippen LogP contribution in [0.4, 0.5) is 4.79 Å². The number of nitrogens with one attached hydrogen (secondary N) is 3. The van der Waals surface area contributed by atoms with E-state index in [1.807, 2.05) is 34.6 Å². The van der Waals surface area contributed by atoms with Crippen LogP contribution < -0.4 is 15.4 Å². The zero-order valence-electron chi connectivity index (χ0n) is 36.3. The molecule has 0 radical (unpaired) electrons. The van der Waals surface area contributed by atoms with Gasteiger partial charge in [-0.25, -0.2) is 13.2 Å². The summed E-state index contributed by atoms with van der Waals surface area (Å²) in [5, 5.41) is 16.6. The number of carbonyl (C=O) groups excluding carboxylic acids is 4. The maximum Gasteiger partial charge on any atom is 0.408 e. The number of likely N-dealkylation sites (tertiary alicyclic amines) is 1. The SMILES string of the molecule is CCCC1(S(=O)(=O)NC(=O)[C@@]2(NC(=O)[C@@H]3C[C@@]4(CN3C(=O)[C@@H](NC(=O)[C@H](C3CCCCC3)N(C(=O)O)C(C)(C)C)C(C)(C)C)C(C)(C)C43CCC3)C[C@@H]2CC)CC1. The van der Waals surface area contributed by atoms with Crippen LogP contribution in [0.15, 0.2) is 0 Å². The number of fused-ring (bicyclic) bond motifs is 1. The first-order valence-corrected chi connectivity index (χ1v) is 23.3. The fourth-order valence-electron chi connectivity index (χ4n) is 12.1. The van der Waals surface area contributed by atoms with Crippen molar-refractivity contribution in [3.05, 3.63) is 0 Å². The van der Waals surface area contributed by atoms with Crippen molar-refractivity contribution in [2.24, 2.45) is 33.5 Å². The zero-order chi connectivity index (χ0) is 42.4. The minimum atomic E-state index is -3.97. The Morgan fingerprint density at radius 2 is 1.49 bits per heavy atom. The van der Waals surface area contributed by atoms with Gasteiger partial charge in [0.15, 0.2) is 0 Å². The molecular formula is C43H71N5O8S. The largest absolute Gasteiger partial charge is 0.465 e. The molecule has 4 N–H and O–H groups in total. The maximum absolute atomic E-state index is 15.2. The van der Waals surface area contributed by atoms with Crippen molar-refractivity contribution in [1.29, 1.82) is 0 Å². The van der Waals surface area contributed by atoms with Gasteiger partial charge in [0.25, 0.3) is 5.91 Å². The predicted octanol–water partition coefficient (Wildman–Crippen LogP) is 6.11.